The van der Waals surface area contributed by atoms with E-state index in [1.54, 1.807) is 0 Å². The van der Waals surface area contributed by atoms with E-state index in [4.69, 9.17) is 19.4 Å². The zero-order valence-corrected chi connectivity index (χ0v) is 28.6. The normalized spacial score (nSPS) is 11.3. The second kappa shape index (κ2) is 12.4. The number of benzene rings is 7. The molecule has 0 radical (unpaired) electrons. The van der Waals surface area contributed by atoms with Crippen molar-refractivity contribution in [3.05, 3.63) is 169 Å². The van der Waals surface area contributed by atoms with E-state index in [0.717, 1.165) is 77.2 Å². The van der Waals surface area contributed by atoms with Crippen LogP contribution in [0.15, 0.2) is 162 Å². The Morgan fingerprint density at radius 2 is 0.963 bits per heavy atom. The first-order valence-corrected chi connectivity index (χ1v) is 17.5. The van der Waals surface area contributed by atoms with Crippen molar-refractivity contribution in [2.24, 2.45) is 0 Å². The van der Waals surface area contributed by atoms with Crippen LogP contribution in [-0.2, 0) is 0 Å². The van der Waals surface area contributed by atoms with Gasteiger partial charge < -0.3 is 8.98 Å². The molecule has 3 aromatic heterocycles. The van der Waals surface area contributed by atoms with Gasteiger partial charge in [-0.15, -0.1) is 0 Å². The van der Waals surface area contributed by atoms with Crippen LogP contribution < -0.4 is 0 Å². The second-order valence-electron chi connectivity index (χ2n) is 13.1. The zero-order valence-electron chi connectivity index (χ0n) is 28.6. The quantitative estimate of drug-likeness (QED) is 0.178. The third kappa shape index (κ3) is 5.08. The molecule has 0 unspecified atom stereocenters. The zero-order chi connectivity index (χ0) is 36.2. The highest BCUT2D eigenvalue weighted by molar-refractivity contribution is 6.11. The highest BCUT2D eigenvalue weighted by Gasteiger charge is 2.21. The van der Waals surface area contributed by atoms with Crippen LogP contribution in [0.5, 0.6) is 0 Å². The smallest absolute Gasteiger partial charge is 0.166 e. The Morgan fingerprint density at radius 1 is 0.426 bits per heavy atom. The molecular formula is C47H26N6O. The van der Waals surface area contributed by atoms with Crippen LogP contribution >= 0.6 is 0 Å². The number of fused-ring (bicyclic) bond motifs is 6. The van der Waals surface area contributed by atoms with E-state index in [9.17, 15) is 10.5 Å². The van der Waals surface area contributed by atoms with Gasteiger partial charge in [-0.1, -0.05) is 103 Å². The summed E-state index contributed by atoms with van der Waals surface area (Å²) in [5.74, 6) is 1.57. The van der Waals surface area contributed by atoms with Crippen LogP contribution in [0.1, 0.15) is 11.1 Å². The molecule has 7 heteroatoms. The van der Waals surface area contributed by atoms with E-state index in [0.29, 0.717) is 28.6 Å². The summed E-state index contributed by atoms with van der Waals surface area (Å²) in [6.07, 6.45) is 0. The molecular weight excluding hydrogens is 665 g/mol. The van der Waals surface area contributed by atoms with Crippen molar-refractivity contribution < 1.29 is 4.42 Å². The van der Waals surface area contributed by atoms with Gasteiger partial charge in [-0.3, -0.25) is 0 Å². The summed E-state index contributed by atoms with van der Waals surface area (Å²) in [7, 11) is 0. The van der Waals surface area contributed by atoms with Crippen LogP contribution in [0, 0.1) is 22.7 Å². The Balaban J connectivity index is 1.30. The minimum atomic E-state index is 0.484. The van der Waals surface area contributed by atoms with Crippen molar-refractivity contribution in [2.75, 3.05) is 0 Å². The average molecular weight is 691 g/mol. The van der Waals surface area contributed by atoms with Gasteiger partial charge in [0.15, 0.2) is 17.5 Å². The molecule has 0 aliphatic rings. The number of aromatic nitrogens is 4. The lowest BCUT2D eigenvalue weighted by atomic mass is 9.99. The van der Waals surface area contributed by atoms with Gasteiger partial charge in [-0.25, -0.2) is 15.0 Å². The van der Waals surface area contributed by atoms with E-state index in [-0.39, 0.29) is 0 Å². The fourth-order valence-electron chi connectivity index (χ4n) is 7.34. The van der Waals surface area contributed by atoms with Gasteiger partial charge in [0.1, 0.15) is 11.2 Å². The van der Waals surface area contributed by atoms with Gasteiger partial charge in [-0.05, 0) is 65.7 Å². The lowest BCUT2D eigenvalue weighted by Gasteiger charge is -2.16. The minimum Gasteiger partial charge on any atom is -0.456 e. The fourth-order valence-corrected chi connectivity index (χ4v) is 7.34. The summed E-state index contributed by atoms with van der Waals surface area (Å²) in [4.78, 5) is 15.3. The van der Waals surface area contributed by atoms with E-state index in [1.165, 1.54) is 0 Å². The van der Waals surface area contributed by atoms with Gasteiger partial charge in [0.05, 0.1) is 40.0 Å². The number of rotatable bonds is 5. The van der Waals surface area contributed by atoms with Crippen molar-refractivity contribution in [3.8, 4) is 63.1 Å². The first-order valence-electron chi connectivity index (χ1n) is 17.5. The highest BCUT2D eigenvalue weighted by atomic mass is 16.3. The van der Waals surface area contributed by atoms with E-state index < -0.39 is 0 Å². The molecule has 0 aliphatic heterocycles. The maximum atomic E-state index is 9.98. The second-order valence-corrected chi connectivity index (χ2v) is 13.1. The Bertz CT molecular complexity index is 3060. The van der Waals surface area contributed by atoms with Gasteiger partial charge in [-0.2, -0.15) is 10.5 Å². The van der Waals surface area contributed by atoms with Crippen LogP contribution in [0.2, 0.25) is 0 Å². The Morgan fingerprint density at radius 3 is 1.59 bits per heavy atom. The van der Waals surface area contributed by atoms with E-state index in [2.05, 4.69) is 53.1 Å². The van der Waals surface area contributed by atoms with Crippen molar-refractivity contribution in [1.29, 1.82) is 10.5 Å². The molecule has 7 aromatic carbocycles. The number of hydrogen-bond donors (Lipinski definition) is 0. The van der Waals surface area contributed by atoms with Gasteiger partial charge in [0.25, 0.3) is 0 Å². The van der Waals surface area contributed by atoms with Gasteiger partial charge in [0, 0.05) is 38.2 Å². The fraction of sp³-hybridized carbons (Fsp3) is 0. The molecule has 0 spiro atoms. The van der Waals surface area contributed by atoms with E-state index in [1.807, 2.05) is 121 Å². The monoisotopic (exact) mass is 690 g/mol. The molecule has 250 valence electrons. The van der Waals surface area contributed by atoms with Crippen LogP contribution in [0.4, 0.5) is 0 Å². The average Bonchev–Trinajstić information content (AvgIpc) is 3.78. The summed E-state index contributed by atoms with van der Waals surface area (Å²) in [6, 6.07) is 56.4. The number of para-hydroxylation sites is 1. The Hall–Kier alpha value is -7.87. The molecule has 0 N–H and O–H groups in total. The van der Waals surface area contributed by atoms with E-state index >= 15 is 0 Å². The summed E-state index contributed by atoms with van der Waals surface area (Å²) in [5, 5.41) is 24.0. The van der Waals surface area contributed by atoms with Crippen LogP contribution in [0.3, 0.4) is 0 Å². The standard InChI is InChI=1S/C47H26N6O/c48-27-29-15-19-35-36-20-16-30(28-49)24-42(36)53(41(35)23-29)40-21-17-33(34-18-22-44-38(25-34)37-13-7-8-14-43(37)54-44)26-39(40)47-51-45(31-9-3-1-4-10-31)50-46(52-47)32-11-5-2-6-12-32/h1-26H. The molecule has 0 aliphatic carbocycles. The van der Waals surface area contributed by atoms with Gasteiger partial charge in [0.2, 0.25) is 0 Å². The van der Waals surface area contributed by atoms with Crippen molar-refractivity contribution >= 4 is 43.7 Å². The highest BCUT2D eigenvalue weighted by Crippen LogP contribution is 2.40. The van der Waals surface area contributed by atoms with Crippen molar-refractivity contribution in [3.63, 3.8) is 0 Å². The third-order valence-corrected chi connectivity index (χ3v) is 9.91. The van der Waals surface area contributed by atoms with Gasteiger partial charge >= 0.3 is 0 Å². The third-order valence-electron chi connectivity index (χ3n) is 9.91. The first kappa shape index (κ1) is 30.9. The molecule has 0 saturated carbocycles. The van der Waals surface area contributed by atoms with Crippen LogP contribution in [-0.4, -0.2) is 19.5 Å². The summed E-state index contributed by atoms with van der Waals surface area (Å²) in [5.41, 5.74) is 9.63. The lowest BCUT2D eigenvalue weighted by Crippen LogP contribution is -2.04. The Labute approximate surface area is 309 Å². The molecule has 7 nitrogen and oxygen atoms in total. The summed E-state index contributed by atoms with van der Waals surface area (Å²) >= 11 is 0. The topological polar surface area (TPSA) is 104 Å². The SMILES string of the molecule is N#Cc1ccc2c3ccc(C#N)cc3n(-c3ccc(-c4ccc5oc6ccccc6c5c4)cc3-c3nc(-c4ccccc4)nc(-c4ccccc4)n3)c2c1. The number of hydrogen-bond acceptors (Lipinski definition) is 6. The molecule has 0 amide bonds. The first-order chi connectivity index (χ1) is 26.6. The Kier molecular flexibility index (Phi) is 7.11. The molecule has 10 rings (SSSR count). The maximum absolute atomic E-state index is 9.98. The molecule has 0 fully saturated rings. The largest absolute Gasteiger partial charge is 0.456 e. The predicted molar refractivity (Wildman–Crippen MR) is 213 cm³/mol. The number of nitriles is 2. The van der Waals surface area contributed by atoms with Crippen LogP contribution in [0.25, 0.3) is 94.7 Å². The van der Waals surface area contributed by atoms with Crippen molar-refractivity contribution in [2.45, 2.75) is 0 Å². The molecule has 0 atom stereocenters. The number of nitrogens with zero attached hydrogens (tertiary/aromatic N) is 6. The predicted octanol–water partition coefficient (Wildman–Crippen LogP) is 11.3. The molecule has 0 saturated heterocycles. The number of furan rings is 1. The summed E-state index contributed by atoms with van der Waals surface area (Å²) in [6.45, 7) is 0. The summed E-state index contributed by atoms with van der Waals surface area (Å²) < 4.78 is 8.28. The molecule has 0 bridgehead atoms. The molecule has 3 heterocycles. The molecule has 54 heavy (non-hydrogen) atoms. The molecule has 10 aromatic rings. The lowest BCUT2D eigenvalue weighted by molar-refractivity contribution is 0.669. The van der Waals surface area contributed by atoms with Crippen molar-refractivity contribution in [1.82, 2.24) is 19.5 Å². The minimum absolute atomic E-state index is 0.484. The maximum Gasteiger partial charge on any atom is 0.166 e.